The number of anilines is 1. The van der Waals surface area contributed by atoms with Gasteiger partial charge in [-0.05, 0) is 42.9 Å². The first-order valence-corrected chi connectivity index (χ1v) is 9.50. The monoisotopic (exact) mass is 392 g/mol. The van der Waals surface area contributed by atoms with Crippen molar-refractivity contribution in [1.29, 1.82) is 0 Å². The molecule has 5 rings (SSSR count). The average molecular weight is 393 g/mol. The van der Waals surface area contributed by atoms with Gasteiger partial charge < -0.3 is 5.32 Å². The van der Waals surface area contributed by atoms with Crippen molar-refractivity contribution in [1.82, 2.24) is 4.90 Å². The van der Waals surface area contributed by atoms with E-state index in [1.54, 1.807) is 18.2 Å². The Morgan fingerprint density at radius 1 is 1.08 bits per heavy atom. The molecule has 1 heterocycles. The maximum Gasteiger partial charge on any atom is 0.233 e. The predicted octanol–water partition coefficient (Wildman–Crippen LogP) is 3.52. The molecule has 4 unspecified atom stereocenters. The van der Waals surface area contributed by atoms with Crippen LogP contribution < -0.4 is 5.32 Å². The van der Waals surface area contributed by atoms with Crippen molar-refractivity contribution in [2.24, 2.45) is 23.7 Å². The number of allylic oxidation sites excluding steroid dienone is 2. The zero-order chi connectivity index (χ0) is 18.4. The van der Waals surface area contributed by atoms with Gasteiger partial charge in [0.15, 0.2) is 0 Å². The summed E-state index contributed by atoms with van der Waals surface area (Å²) in [6, 6.07) is 4.79. The highest BCUT2D eigenvalue weighted by molar-refractivity contribution is 6.36. The number of hydrogen-bond acceptors (Lipinski definition) is 3. The molecule has 1 aromatic carbocycles. The topological polar surface area (TPSA) is 66.5 Å². The number of hydrogen-bond donors (Lipinski definition) is 1. The van der Waals surface area contributed by atoms with Crippen molar-refractivity contribution in [2.75, 3.05) is 11.9 Å². The van der Waals surface area contributed by atoms with Crippen LogP contribution in [-0.2, 0) is 14.4 Å². The number of fused-ring (bicyclic) bond motifs is 1. The lowest BCUT2D eigenvalue weighted by Gasteiger charge is -2.38. The quantitative estimate of drug-likeness (QED) is 0.629. The second-order valence-electron chi connectivity index (χ2n) is 7.09. The number of carbonyl (C=O) groups excluding carboxylic acids is 3. The summed E-state index contributed by atoms with van der Waals surface area (Å²) in [5, 5.41) is 3.51. The lowest BCUT2D eigenvalue weighted by Crippen LogP contribution is -2.38. The van der Waals surface area contributed by atoms with Gasteiger partial charge in [-0.15, -0.1) is 0 Å². The van der Waals surface area contributed by atoms with Crippen molar-refractivity contribution in [3.8, 4) is 0 Å². The molecule has 7 heteroatoms. The van der Waals surface area contributed by atoms with E-state index in [-0.39, 0.29) is 54.4 Å². The van der Waals surface area contributed by atoms with Crippen molar-refractivity contribution in [3.63, 3.8) is 0 Å². The van der Waals surface area contributed by atoms with Gasteiger partial charge in [-0.3, -0.25) is 19.3 Å². The first-order chi connectivity index (χ1) is 12.5. The number of imide groups is 1. The van der Waals surface area contributed by atoms with Gasteiger partial charge in [0.2, 0.25) is 17.7 Å². The number of halogens is 2. The summed E-state index contributed by atoms with van der Waals surface area (Å²) in [5.41, 5.74) is 0.455. The number of nitrogens with zero attached hydrogens (tertiary/aromatic N) is 1. The van der Waals surface area contributed by atoms with E-state index in [4.69, 9.17) is 23.2 Å². The Kier molecular flexibility index (Phi) is 4.53. The second kappa shape index (κ2) is 6.71. The van der Waals surface area contributed by atoms with E-state index >= 15 is 0 Å². The molecule has 0 radical (unpaired) electrons. The number of amides is 3. The molecule has 0 spiro atoms. The van der Waals surface area contributed by atoms with E-state index in [1.165, 1.54) is 4.90 Å². The third kappa shape index (κ3) is 2.93. The van der Waals surface area contributed by atoms with Crippen LogP contribution in [0.15, 0.2) is 30.4 Å². The van der Waals surface area contributed by atoms with Crippen LogP contribution in [0.2, 0.25) is 10.0 Å². The Labute approximate surface area is 161 Å². The van der Waals surface area contributed by atoms with Gasteiger partial charge in [0.05, 0.1) is 22.5 Å². The van der Waals surface area contributed by atoms with Gasteiger partial charge in [0, 0.05) is 18.0 Å². The Morgan fingerprint density at radius 2 is 1.69 bits per heavy atom. The first-order valence-electron chi connectivity index (χ1n) is 8.74. The highest BCUT2D eigenvalue weighted by Crippen LogP contribution is 2.49. The van der Waals surface area contributed by atoms with Crippen molar-refractivity contribution >= 4 is 46.6 Å². The lowest BCUT2D eigenvalue weighted by molar-refractivity contribution is -0.140. The van der Waals surface area contributed by atoms with Crippen LogP contribution in [0.1, 0.15) is 19.3 Å². The zero-order valence-electron chi connectivity index (χ0n) is 14.0. The summed E-state index contributed by atoms with van der Waals surface area (Å²) in [5.74, 6) is -0.708. The van der Waals surface area contributed by atoms with Crippen molar-refractivity contribution < 1.29 is 14.4 Å². The maximum atomic E-state index is 12.7. The molecule has 2 fully saturated rings. The molecular formula is C19H18Cl2N2O3. The Morgan fingerprint density at radius 3 is 2.23 bits per heavy atom. The SMILES string of the molecule is O=C(CCN1C(=O)C2C3C=CC(CC3)C2C1=O)Nc1ccc(Cl)cc1Cl. The lowest BCUT2D eigenvalue weighted by atomic mass is 9.63. The van der Waals surface area contributed by atoms with Crippen molar-refractivity contribution in [3.05, 3.63) is 40.4 Å². The molecule has 1 aliphatic heterocycles. The predicted molar refractivity (Wildman–Crippen MR) is 98.8 cm³/mol. The van der Waals surface area contributed by atoms with Crippen LogP contribution in [0.5, 0.6) is 0 Å². The van der Waals surface area contributed by atoms with Crippen molar-refractivity contribution in [2.45, 2.75) is 19.3 Å². The molecule has 3 amide bonds. The molecule has 0 aromatic heterocycles. The van der Waals surface area contributed by atoms with Gasteiger partial charge in [-0.2, -0.15) is 0 Å². The van der Waals surface area contributed by atoms with E-state index in [2.05, 4.69) is 17.5 Å². The largest absolute Gasteiger partial charge is 0.325 e. The fraction of sp³-hybridized carbons (Fsp3) is 0.421. The Bertz CT molecular complexity index is 791. The highest BCUT2D eigenvalue weighted by atomic mass is 35.5. The zero-order valence-corrected chi connectivity index (χ0v) is 15.5. The molecule has 1 saturated carbocycles. The number of rotatable bonds is 4. The maximum absolute atomic E-state index is 12.7. The molecule has 1 aromatic rings. The van der Waals surface area contributed by atoms with Crippen LogP contribution >= 0.6 is 23.2 Å². The van der Waals surface area contributed by atoms with E-state index in [1.807, 2.05) is 0 Å². The summed E-state index contributed by atoms with van der Waals surface area (Å²) in [6.45, 7) is 0.0984. The van der Waals surface area contributed by atoms with Gasteiger partial charge in [-0.1, -0.05) is 35.4 Å². The van der Waals surface area contributed by atoms with E-state index in [0.717, 1.165) is 12.8 Å². The molecule has 5 nitrogen and oxygen atoms in total. The smallest absolute Gasteiger partial charge is 0.233 e. The van der Waals surface area contributed by atoms with E-state index in [9.17, 15) is 14.4 Å². The molecule has 2 bridgehead atoms. The minimum absolute atomic E-state index is 0.0403. The molecule has 4 aliphatic rings. The van der Waals surface area contributed by atoms with Crippen LogP contribution in [0, 0.1) is 23.7 Å². The molecule has 26 heavy (non-hydrogen) atoms. The third-order valence-electron chi connectivity index (χ3n) is 5.62. The molecule has 1 saturated heterocycles. The Hall–Kier alpha value is -1.85. The van der Waals surface area contributed by atoms with E-state index in [0.29, 0.717) is 15.7 Å². The molecule has 136 valence electrons. The van der Waals surface area contributed by atoms with Gasteiger partial charge in [0.25, 0.3) is 0 Å². The van der Waals surface area contributed by atoms with Gasteiger partial charge in [-0.25, -0.2) is 0 Å². The summed E-state index contributed by atoms with van der Waals surface area (Å²) < 4.78 is 0. The fourth-order valence-electron chi connectivity index (χ4n) is 4.37. The van der Waals surface area contributed by atoms with Crippen LogP contribution in [-0.4, -0.2) is 29.2 Å². The summed E-state index contributed by atoms with van der Waals surface area (Å²) >= 11 is 11.9. The van der Waals surface area contributed by atoms with Crippen LogP contribution in [0.25, 0.3) is 0 Å². The van der Waals surface area contributed by atoms with Gasteiger partial charge in [0.1, 0.15) is 0 Å². The molecule has 1 N–H and O–H groups in total. The minimum atomic E-state index is -0.300. The Balaban J connectivity index is 1.40. The normalized spacial score (nSPS) is 29.2. The summed E-state index contributed by atoms with van der Waals surface area (Å²) in [4.78, 5) is 38.9. The molecule has 4 atom stereocenters. The number of carbonyl (C=O) groups is 3. The number of likely N-dealkylation sites (tertiary alicyclic amines) is 1. The number of nitrogens with one attached hydrogen (secondary N) is 1. The second-order valence-corrected chi connectivity index (χ2v) is 7.94. The first kappa shape index (κ1) is 17.6. The average Bonchev–Trinajstić information content (AvgIpc) is 2.90. The van der Waals surface area contributed by atoms with E-state index < -0.39 is 0 Å². The standard InChI is InChI=1S/C19H18Cl2N2O3/c20-12-5-6-14(13(21)9-12)22-15(24)7-8-23-18(25)16-10-1-2-11(4-3-10)17(16)19(23)26/h1-2,5-6,9-11,16-17H,3-4,7-8H2,(H,22,24). The van der Waals surface area contributed by atoms with Crippen LogP contribution in [0.4, 0.5) is 5.69 Å². The fourth-order valence-corrected chi connectivity index (χ4v) is 4.83. The third-order valence-corrected chi connectivity index (χ3v) is 6.17. The molecular weight excluding hydrogens is 375 g/mol. The minimum Gasteiger partial charge on any atom is -0.325 e. The highest BCUT2D eigenvalue weighted by Gasteiger charge is 2.56. The summed E-state index contributed by atoms with van der Waals surface area (Å²) in [6.07, 6.45) is 6.13. The van der Waals surface area contributed by atoms with Crippen LogP contribution in [0.3, 0.4) is 0 Å². The van der Waals surface area contributed by atoms with Gasteiger partial charge >= 0.3 is 0 Å². The molecule has 3 aliphatic carbocycles. The number of benzene rings is 1. The summed E-state index contributed by atoms with van der Waals surface area (Å²) in [7, 11) is 0.